The van der Waals surface area contributed by atoms with E-state index in [9.17, 15) is 0 Å². The molecule has 3 fully saturated rings. The van der Waals surface area contributed by atoms with Gasteiger partial charge in [-0.1, -0.05) is 44.2 Å². The van der Waals surface area contributed by atoms with Crippen LogP contribution in [0.3, 0.4) is 0 Å². The van der Waals surface area contributed by atoms with E-state index in [1.165, 1.54) is 5.30 Å². The number of rotatable bonds is 5. The summed E-state index contributed by atoms with van der Waals surface area (Å²) in [6.07, 6.45) is -1.57. The SMILES string of the molecule is CC(C)P(O[C@@H]1[C@H]2OC(C)(C)O[C@H]2O[C@@H]1[C@H]1COC(C)(C)O1)c1ccccc1. The molecule has 1 unspecified atom stereocenters. The number of ether oxygens (including phenoxy) is 5. The molecule has 6 nitrogen and oxygen atoms in total. The molecule has 6 atom stereocenters. The lowest BCUT2D eigenvalue weighted by Gasteiger charge is -2.32. The van der Waals surface area contributed by atoms with Gasteiger partial charge >= 0.3 is 0 Å². The molecule has 3 saturated heterocycles. The molecule has 3 aliphatic heterocycles. The molecular weight excluding hydrogens is 379 g/mol. The van der Waals surface area contributed by atoms with Crippen LogP contribution in [0.4, 0.5) is 0 Å². The van der Waals surface area contributed by atoms with Gasteiger partial charge in [0.1, 0.15) is 24.4 Å². The smallest absolute Gasteiger partial charge is 0.190 e. The van der Waals surface area contributed by atoms with Crippen molar-refractivity contribution >= 4 is 13.5 Å². The van der Waals surface area contributed by atoms with E-state index in [-0.39, 0.29) is 24.4 Å². The Kier molecular flexibility index (Phi) is 5.60. The molecular formula is C21H31O6P. The highest BCUT2D eigenvalue weighted by Gasteiger charge is 2.59. The molecule has 3 heterocycles. The second kappa shape index (κ2) is 7.59. The summed E-state index contributed by atoms with van der Waals surface area (Å²) in [7, 11) is -0.857. The molecule has 4 rings (SSSR count). The molecule has 1 aromatic carbocycles. The van der Waals surface area contributed by atoms with Crippen molar-refractivity contribution in [1.29, 1.82) is 0 Å². The predicted octanol–water partition coefficient (Wildman–Crippen LogP) is 3.53. The van der Waals surface area contributed by atoms with Gasteiger partial charge in [0.15, 0.2) is 17.9 Å². The third kappa shape index (κ3) is 4.15. The lowest BCUT2D eigenvalue weighted by Crippen LogP contribution is -2.44. The van der Waals surface area contributed by atoms with Gasteiger partial charge in [0.05, 0.1) is 14.8 Å². The summed E-state index contributed by atoms with van der Waals surface area (Å²) in [5.74, 6) is -1.32. The second-order valence-electron chi connectivity index (χ2n) is 8.76. The Morgan fingerprint density at radius 3 is 2.29 bits per heavy atom. The average Bonchev–Trinajstić information content (AvgIpc) is 3.22. The molecule has 0 aromatic heterocycles. The summed E-state index contributed by atoms with van der Waals surface area (Å²) < 4.78 is 37.1. The van der Waals surface area contributed by atoms with E-state index in [1.54, 1.807) is 0 Å². The summed E-state index contributed by atoms with van der Waals surface area (Å²) in [4.78, 5) is 0. The zero-order valence-electron chi connectivity index (χ0n) is 17.5. The second-order valence-corrected chi connectivity index (χ2v) is 11.2. The van der Waals surface area contributed by atoms with Gasteiger partial charge < -0.3 is 28.2 Å². The average molecular weight is 410 g/mol. The molecule has 0 spiro atoms. The number of hydrogen-bond donors (Lipinski definition) is 0. The maximum atomic E-state index is 6.76. The fourth-order valence-corrected chi connectivity index (χ4v) is 5.92. The summed E-state index contributed by atoms with van der Waals surface area (Å²) >= 11 is 0. The Hall–Kier alpha value is -0.590. The van der Waals surface area contributed by atoms with Gasteiger partial charge in [0, 0.05) is 11.0 Å². The molecule has 0 N–H and O–H groups in total. The largest absolute Gasteiger partial charge is 0.348 e. The van der Waals surface area contributed by atoms with Crippen molar-refractivity contribution in [3.63, 3.8) is 0 Å². The minimum absolute atomic E-state index is 0.222. The molecule has 28 heavy (non-hydrogen) atoms. The molecule has 0 radical (unpaired) electrons. The van der Waals surface area contributed by atoms with Crippen LogP contribution in [0.25, 0.3) is 0 Å². The quantitative estimate of drug-likeness (QED) is 0.693. The van der Waals surface area contributed by atoms with Crippen molar-refractivity contribution in [1.82, 2.24) is 0 Å². The van der Waals surface area contributed by atoms with Crippen LogP contribution in [0, 0.1) is 0 Å². The van der Waals surface area contributed by atoms with Gasteiger partial charge in [-0.2, -0.15) is 0 Å². The van der Waals surface area contributed by atoms with Crippen LogP contribution in [-0.2, 0) is 28.2 Å². The Bertz CT molecular complexity index is 679. The molecule has 3 aliphatic rings. The van der Waals surface area contributed by atoms with Crippen molar-refractivity contribution in [2.45, 2.75) is 89.5 Å². The van der Waals surface area contributed by atoms with Crippen LogP contribution in [0.5, 0.6) is 0 Å². The van der Waals surface area contributed by atoms with Crippen LogP contribution in [-0.4, -0.2) is 54.5 Å². The number of hydrogen-bond acceptors (Lipinski definition) is 6. The van der Waals surface area contributed by atoms with E-state index < -0.39 is 26.0 Å². The Morgan fingerprint density at radius 1 is 0.964 bits per heavy atom. The van der Waals surface area contributed by atoms with Gasteiger partial charge in [0.2, 0.25) is 0 Å². The van der Waals surface area contributed by atoms with Crippen LogP contribution >= 0.6 is 8.15 Å². The van der Waals surface area contributed by atoms with Gasteiger partial charge in [-0.15, -0.1) is 0 Å². The Labute approximate surface area is 168 Å². The number of benzene rings is 1. The van der Waals surface area contributed by atoms with E-state index in [2.05, 4.69) is 38.1 Å². The Balaban J connectivity index is 1.59. The monoisotopic (exact) mass is 410 g/mol. The highest BCUT2D eigenvalue weighted by Crippen LogP contribution is 2.49. The predicted molar refractivity (Wildman–Crippen MR) is 107 cm³/mol. The van der Waals surface area contributed by atoms with Crippen LogP contribution in [0.15, 0.2) is 30.3 Å². The van der Waals surface area contributed by atoms with E-state index in [4.69, 9.17) is 28.2 Å². The molecule has 156 valence electrons. The molecule has 0 amide bonds. The minimum Gasteiger partial charge on any atom is -0.348 e. The lowest BCUT2D eigenvalue weighted by molar-refractivity contribution is -0.230. The molecule has 1 aromatic rings. The van der Waals surface area contributed by atoms with E-state index >= 15 is 0 Å². The molecule has 7 heteroatoms. The van der Waals surface area contributed by atoms with Gasteiger partial charge in [-0.25, -0.2) is 0 Å². The molecule has 0 saturated carbocycles. The van der Waals surface area contributed by atoms with Gasteiger partial charge in [-0.05, 0) is 27.7 Å². The lowest BCUT2D eigenvalue weighted by atomic mass is 10.1. The van der Waals surface area contributed by atoms with Crippen molar-refractivity contribution in [3.8, 4) is 0 Å². The normalized spacial score (nSPS) is 37.3. The fourth-order valence-electron chi connectivity index (χ4n) is 3.99. The summed E-state index contributed by atoms with van der Waals surface area (Å²) in [6, 6.07) is 10.4. The summed E-state index contributed by atoms with van der Waals surface area (Å²) in [6.45, 7) is 12.5. The third-order valence-corrected chi connectivity index (χ3v) is 7.35. The van der Waals surface area contributed by atoms with Crippen molar-refractivity contribution in [2.75, 3.05) is 6.61 Å². The zero-order chi connectivity index (χ0) is 20.1. The van der Waals surface area contributed by atoms with Gasteiger partial charge in [0.25, 0.3) is 0 Å². The molecule has 0 aliphatic carbocycles. The van der Waals surface area contributed by atoms with Gasteiger partial charge in [-0.3, -0.25) is 0 Å². The first-order valence-corrected chi connectivity index (χ1v) is 11.3. The first-order chi connectivity index (χ1) is 13.2. The summed E-state index contributed by atoms with van der Waals surface area (Å²) in [5, 5.41) is 1.21. The fraction of sp³-hybridized carbons (Fsp3) is 0.714. The van der Waals surface area contributed by atoms with Crippen molar-refractivity contribution in [2.24, 2.45) is 0 Å². The first-order valence-electron chi connectivity index (χ1n) is 9.99. The minimum atomic E-state index is -0.857. The van der Waals surface area contributed by atoms with Crippen molar-refractivity contribution < 1.29 is 28.2 Å². The topological polar surface area (TPSA) is 55.4 Å². The van der Waals surface area contributed by atoms with E-state index in [1.807, 2.05) is 33.8 Å². The van der Waals surface area contributed by atoms with E-state index in [0.29, 0.717) is 12.3 Å². The standard InChI is InChI=1S/C21H31O6P/c1-13(2)28(14-10-8-7-9-11-14)27-17-16(15-12-22-20(3,4)24-15)23-19-18(17)25-21(5,6)26-19/h7-11,13,15-19H,12H2,1-6H3/t15-,16-,17+,18-,19-,28?/m1/s1. The maximum absolute atomic E-state index is 6.76. The third-order valence-electron chi connectivity index (χ3n) is 5.14. The highest BCUT2D eigenvalue weighted by atomic mass is 31.1. The van der Waals surface area contributed by atoms with Crippen LogP contribution < -0.4 is 5.30 Å². The highest BCUT2D eigenvalue weighted by molar-refractivity contribution is 7.61. The van der Waals surface area contributed by atoms with Crippen LogP contribution in [0.2, 0.25) is 0 Å². The van der Waals surface area contributed by atoms with Crippen LogP contribution in [0.1, 0.15) is 41.5 Å². The molecule has 0 bridgehead atoms. The number of fused-ring (bicyclic) bond motifs is 1. The van der Waals surface area contributed by atoms with E-state index in [0.717, 1.165) is 0 Å². The van der Waals surface area contributed by atoms with Crippen molar-refractivity contribution in [3.05, 3.63) is 30.3 Å². The first kappa shape index (κ1) is 20.7. The maximum Gasteiger partial charge on any atom is 0.190 e. The Morgan fingerprint density at radius 2 is 1.68 bits per heavy atom. The summed E-state index contributed by atoms with van der Waals surface area (Å²) in [5.41, 5.74) is 0.351. The zero-order valence-corrected chi connectivity index (χ0v) is 18.3.